The second-order valence-electron chi connectivity index (χ2n) is 5.44. The van der Waals surface area contributed by atoms with E-state index in [9.17, 15) is 9.18 Å². The summed E-state index contributed by atoms with van der Waals surface area (Å²) in [5.41, 5.74) is 1.38. The first-order chi connectivity index (χ1) is 10.4. The first kappa shape index (κ1) is 15.9. The molecule has 0 spiro atoms. The van der Waals surface area contributed by atoms with Crippen LogP contribution in [0.4, 0.5) is 4.39 Å². The lowest BCUT2D eigenvalue weighted by atomic mass is 10.0. The molecule has 0 saturated carbocycles. The molecule has 0 aliphatic heterocycles. The Labute approximate surface area is 129 Å². The van der Waals surface area contributed by atoms with Gasteiger partial charge in [-0.05, 0) is 38.1 Å². The van der Waals surface area contributed by atoms with Gasteiger partial charge < -0.3 is 9.64 Å². The average molecular weight is 302 g/mol. The van der Waals surface area contributed by atoms with Gasteiger partial charge in [0.1, 0.15) is 11.6 Å². The zero-order valence-electron chi connectivity index (χ0n) is 13.1. The highest BCUT2D eigenvalue weighted by molar-refractivity contribution is 5.99. The molecular weight excluding hydrogens is 283 g/mol. The van der Waals surface area contributed by atoms with Crippen LogP contribution in [-0.2, 0) is 0 Å². The number of aromatic nitrogens is 1. The fraction of sp³-hybridized carbons (Fsp3) is 0.294. The lowest BCUT2D eigenvalue weighted by molar-refractivity contribution is 0.0828. The number of nitrogens with zero attached hydrogens (tertiary/aromatic N) is 2. The molecule has 4 nitrogen and oxygen atoms in total. The third-order valence-electron chi connectivity index (χ3n) is 2.96. The monoisotopic (exact) mass is 302 g/mol. The maximum atomic E-state index is 13.9. The van der Waals surface area contributed by atoms with Crippen LogP contribution in [0.15, 0.2) is 36.5 Å². The summed E-state index contributed by atoms with van der Waals surface area (Å²) in [6.07, 6.45) is 1.51. The number of ether oxygens (including phenoxy) is 1. The third kappa shape index (κ3) is 3.61. The van der Waals surface area contributed by atoms with E-state index in [-0.39, 0.29) is 12.0 Å². The number of hydrogen-bond acceptors (Lipinski definition) is 3. The van der Waals surface area contributed by atoms with Gasteiger partial charge in [-0.25, -0.2) is 4.39 Å². The molecule has 116 valence electrons. The highest BCUT2D eigenvalue weighted by Gasteiger charge is 2.16. The van der Waals surface area contributed by atoms with Crippen molar-refractivity contribution in [3.63, 3.8) is 0 Å². The molecule has 0 N–H and O–H groups in total. The highest BCUT2D eigenvalue weighted by atomic mass is 19.1. The van der Waals surface area contributed by atoms with E-state index in [1.54, 1.807) is 38.5 Å². The van der Waals surface area contributed by atoms with Crippen LogP contribution in [0.2, 0.25) is 0 Å². The summed E-state index contributed by atoms with van der Waals surface area (Å²) in [7, 11) is 3.33. The van der Waals surface area contributed by atoms with Crippen LogP contribution in [0.25, 0.3) is 11.3 Å². The van der Waals surface area contributed by atoms with Crippen molar-refractivity contribution in [1.82, 2.24) is 9.88 Å². The third-order valence-corrected chi connectivity index (χ3v) is 2.96. The van der Waals surface area contributed by atoms with Crippen LogP contribution in [0.3, 0.4) is 0 Å². The van der Waals surface area contributed by atoms with Gasteiger partial charge in [0.25, 0.3) is 5.91 Å². The Kier molecular flexibility index (Phi) is 4.75. The number of hydrogen-bond donors (Lipinski definition) is 0. The van der Waals surface area contributed by atoms with E-state index in [2.05, 4.69) is 4.98 Å². The first-order valence-electron chi connectivity index (χ1n) is 7.02. The summed E-state index contributed by atoms with van der Waals surface area (Å²) in [5, 5.41) is 0. The van der Waals surface area contributed by atoms with E-state index < -0.39 is 5.82 Å². The molecule has 0 saturated heterocycles. The molecule has 0 radical (unpaired) electrons. The number of carbonyl (C=O) groups excluding carboxylic acids is 1. The number of rotatable bonds is 4. The summed E-state index contributed by atoms with van der Waals surface area (Å²) in [6, 6.07) is 7.73. The van der Waals surface area contributed by atoms with Crippen molar-refractivity contribution in [1.29, 1.82) is 0 Å². The smallest absolute Gasteiger partial charge is 0.255 e. The average Bonchev–Trinajstić information content (AvgIpc) is 2.45. The first-order valence-corrected chi connectivity index (χ1v) is 7.02. The van der Waals surface area contributed by atoms with Crippen molar-refractivity contribution in [2.24, 2.45) is 0 Å². The normalized spacial score (nSPS) is 10.6. The molecule has 0 aliphatic rings. The predicted octanol–water partition coefficient (Wildman–Crippen LogP) is 3.38. The lowest BCUT2D eigenvalue weighted by Gasteiger charge is -2.15. The van der Waals surface area contributed by atoms with Crippen LogP contribution in [-0.4, -0.2) is 36.0 Å². The summed E-state index contributed by atoms with van der Waals surface area (Å²) in [4.78, 5) is 18.0. The summed E-state index contributed by atoms with van der Waals surface area (Å²) < 4.78 is 19.4. The molecule has 0 unspecified atom stereocenters. The van der Waals surface area contributed by atoms with Gasteiger partial charge in [-0.3, -0.25) is 9.78 Å². The second-order valence-corrected chi connectivity index (χ2v) is 5.44. The second kappa shape index (κ2) is 6.56. The van der Waals surface area contributed by atoms with Crippen molar-refractivity contribution in [2.45, 2.75) is 20.0 Å². The molecule has 0 fully saturated rings. The molecule has 22 heavy (non-hydrogen) atoms. The molecule has 0 atom stereocenters. The van der Waals surface area contributed by atoms with Crippen LogP contribution in [0, 0.1) is 5.82 Å². The van der Waals surface area contributed by atoms with E-state index in [4.69, 9.17) is 4.74 Å². The Morgan fingerprint density at radius 2 is 2.00 bits per heavy atom. The van der Waals surface area contributed by atoms with E-state index in [0.717, 1.165) is 0 Å². The molecular formula is C17H19FN2O2. The van der Waals surface area contributed by atoms with Gasteiger partial charge in [0.05, 0.1) is 17.4 Å². The summed E-state index contributed by atoms with van der Waals surface area (Å²) >= 11 is 0. The topological polar surface area (TPSA) is 42.4 Å². The molecule has 1 aromatic heterocycles. The SMILES string of the molecule is CC(C)Oc1cc(F)cc(-c2ncccc2C(=O)N(C)C)c1. The molecule has 5 heteroatoms. The minimum absolute atomic E-state index is 0.0683. The minimum atomic E-state index is -0.429. The lowest BCUT2D eigenvalue weighted by Crippen LogP contribution is -2.22. The van der Waals surface area contributed by atoms with E-state index >= 15 is 0 Å². The van der Waals surface area contributed by atoms with Gasteiger partial charge in [-0.2, -0.15) is 0 Å². The Hall–Kier alpha value is -2.43. The molecule has 1 heterocycles. The molecule has 0 bridgehead atoms. The molecule has 2 aromatic rings. The Morgan fingerprint density at radius 1 is 1.27 bits per heavy atom. The molecule has 0 aliphatic carbocycles. The van der Waals surface area contributed by atoms with Crippen molar-refractivity contribution in [2.75, 3.05) is 14.1 Å². The number of benzene rings is 1. The van der Waals surface area contributed by atoms with Gasteiger partial charge in [0.15, 0.2) is 0 Å². The Balaban J connectivity index is 2.52. The van der Waals surface area contributed by atoms with Crippen LogP contribution in [0.5, 0.6) is 5.75 Å². The highest BCUT2D eigenvalue weighted by Crippen LogP contribution is 2.27. The van der Waals surface area contributed by atoms with Crippen molar-refractivity contribution in [3.05, 3.63) is 47.9 Å². The van der Waals surface area contributed by atoms with Crippen LogP contribution in [0.1, 0.15) is 24.2 Å². The Morgan fingerprint density at radius 3 is 2.64 bits per heavy atom. The van der Waals surface area contributed by atoms with Gasteiger partial charge in [-0.15, -0.1) is 0 Å². The van der Waals surface area contributed by atoms with Crippen molar-refractivity contribution < 1.29 is 13.9 Å². The number of pyridine rings is 1. The van der Waals surface area contributed by atoms with Gasteiger partial charge >= 0.3 is 0 Å². The van der Waals surface area contributed by atoms with Crippen molar-refractivity contribution >= 4 is 5.91 Å². The minimum Gasteiger partial charge on any atom is -0.491 e. The van der Waals surface area contributed by atoms with Crippen molar-refractivity contribution in [3.8, 4) is 17.0 Å². The zero-order chi connectivity index (χ0) is 16.3. The predicted molar refractivity (Wildman–Crippen MR) is 83.4 cm³/mol. The van der Waals surface area contributed by atoms with Gasteiger partial charge in [0.2, 0.25) is 0 Å². The Bertz CT molecular complexity index is 684. The fourth-order valence-electron chi connectivity index (χ4n) is 2.09. The maximum absolute atomic E-state index is 13.9. The molecule has 1 aromatic carbocycles. The van der Waals surface area contributed by atoms with Gasteiger partial charge in [0, 0.05) is 31.9 Å². The standard InChI is InChI=1S/C17H19FN2O2/c1-11(2)22-14-9-12(8-13(18)10-14)16-15(6-5-7-19-16)17(21)20(3)4/h5-11H,1-4H3. The van der Waals surface area contributed by atoms with Gasteiger partial charge in [-0.1, -0.05) is 0 Å². The quantitative estimate of drug-likeness (QED) is 0.869. The molecule has 1 amide bonds. The van der Waals surface area contributed by atoms with Crippen LogP contribution < -0.4 is 4.74 Å². The number of amides is 1. The number of halogens is 1. The van der Waals surface area contributed by atoms with Crippen LogP contribution >= 0.6 is 0 Å². The van der Waals surface area contributed by atoms with E-state index in [1.165, 1.54) is 17.0 Å². The largest absolute Gasteiger partial charge is 0.491 e. The zero-order valence-corrected chi connectivity index (χ0v) is 13.1. The van der Waals surface area contributed by atoms with E-state index in [1.807, 2.05) is 13.8 Å². The molecule has 2 rings (SSSR count). The van der Waals surface area contributed by atoms with E-state index in [0.29, 0.717) is 22.6 Å². The maximum Gasteiger partial charge on any atom is 0.255 e. The fourth-order valence-corrected chi connectivity index (χ4v) is 2.09. The summed E-state index contributed by atoms with van der Waals surface area (Å²) in [5.74, 6) is -0.195. The number of carbonyl (C=O) groups is 1. The summed E-state index contributed by atoms with van der Waals surface area (Å²) in [6.45, 7) is 3.73.